The summed E-state index contributed by atoms with van der Waals surface area (Å²) in [6.45, 7) is -0.247. The Balaban J connectivity index is 1.96. The number of ether oxygens (including phenoxy) is 2. The van der Waals surface area contributed by atoms with Crippen LogP contribution in [0.4, 0.5) is 5.95 Å². The zero-order valence-corrected chi connectivity index (χ0v) is 8.28. The van der Waals surface area contributed by atoms with Crippen molar-refractivity contribution in [2.75, 3.05) is 12.3 Å². The molecular weight excluding hydrogens is 214 g/mol. The Morgan fingerprint density at radius 2 is 2.31 bits per heavy atom. The third-order valence-corrected chi connectivity index (χ3v) is 2.87. The van der Waals surface area contributed by atoms with Crippen LogP contribution in [0.2, 0.25) is 0 Å². The Morgan fingerprint density at radius 1 is 1.50 bits per heavy atom. The molecule has 0 aliphatic carbocycles. The van der Waals surface area contributed by atoms with Gasteiger partial charge in [-0.3, -0.25) is 0 Å². The molecule has 86 valence electrons. The van der Waals surface area contributed by atoms with E-state index in [1.54, 1.807) is 0 Å². The summed E-state index contributed by atoms with van der Waals surface area (Å²) in [6.07, 6.45) is -0.938. The summed E-state index contributed by atoms with van der Waals surface area (Å²) in [6, 6.07) is 0. The Kier molecular flexibility index (Phi) is 2.00. The lowest BCUT2D eigenvalue weighted by atomic mass is 10.1. The number of nitrogen functional groups attached to an aromatic ring is 1. The molecule has 2 aliphatic heterocycles. The second-order valence-electron chi connectivity index (χ2n) is 3.84. The molecule has 0 bridgehead atoms. The second-order valence-corrected chi connectivity index (χ2v) is 3.84. The smallest absolute Gasteiger partial charge is 0.224 e. The van der Waals surface area contributed by atoms with Crippen LogP contribution in [-0.2, 0) is 4.74 Å². The number of aliphatic hydroxyl groups excluding tert-OH is 2. The summed E-state index contributed by atoms with van der Waals surface area (Å²) >= 11 is 0. The first kappa shape index (κ1) is 9.76. The number of anilines is 1. The zero-order valence-electron chi connectivity index (χ0n) is 8.28. The van der Waals surface area contributed by atoms with E-state index in [9.17, 15) is 5.11 Å². The first-order chi connectivity index (χ1) is 7.70. The molecule has 1 saturated heterocycles. The monoisotopic (exact) mass is 225 g/mol. The van der Waals surface area contributed by atoms with Crippen molar-refractivity contribution < 1.29 is 19.7 Å². The first-order valence-electron chi connectivity index (χ1n) is 4.94. The number of rotatable bonds is 1. The van der Waals surface area contributed by atoms with Gasteiger partial charge in [-0.25, -0.2) is 4.98 Å². The van der Waals surface area contributed by atoms with Gasteiger partial charge in [0.15, 0.2) is 6.10 Å². The zero-order chi connectivity index (χ0) is 11.3. The van der Waals surface area contributed by atoms with Gasteiger partial charge >= 0.3 is 0 Å². The number of nitrogens with zero attached hydrogens (tertiary/aromatic N) is 2. The lowest BCUT2D eigenvalue weighted by molar-refractivity contribution is -0.0233. The quantitative estimate of drug-likeness (QED) is 0.539. The largest absolute Gasteiger partial charge is 0.468 e. The van der Waals surface area contributed by atoms with E-state index in [4.69, 9.17) is 20.3 Å². The average Bonchev–Trinajstić information content (AvgIpc) is 2.75. The van der Waals surface area contributed by atoms with Crippen molar-refractivity contribution in [2.24, 2.45) is 0 Å². The molecule has 4 atom stereocenters. The molecule has 0 unspecified atom stereocenters. The van der Waals surface area contributed by atoms with Crippen molar-refractivity contribution in [1.29, 1.82) is 0 Å². The predicted octanol–water partition coefficient (Wildman–Crippen LogP) is -1.39. The van der Waals surface area contributed by atoms with E-state index in [1.807, 2.05) is 0 Å². The Morgan fingerprint density at radius 3 is 3.06 bits per heavy atom. The van der Waals surface area contributed by atoms with E-state index < -0.39 is 24.4 Å². The van der Waals surface area contributed by atoms with Gasteiger partial charge < -0.3 is 25.4 Å². The maximum Gasteiger partial charge on any atom is 0.224 e. The van der Waals surface area contributed by atoms with E-state index in [0.717, 1.165) is 0 Å². The number of fused-ring (bicyclic) bond motifs is 3. The Labute approximate surface area is 90.8 Å². The maximum atomic E-state index is 9.81. The summed E-state index contributed by atoms with van der Waals surface area (Å²) in [5, 5.41) is 18.8. The molecule has 16 heavy (non-hydrogen) atoms. The van der Waals surface area contributed by atoms with E-state index in [2.05, 4.69) is 9.97 Å². The highest BCUT2D eigenvalue weighted by atomic mass is 16.6. The Bertz CT molecular complexity index is 427. The summed E-state index contributed by atoms with van der Waals surface area (Å²) in [5.74, 6) is 0.463. The SMILES string of the molecule is Nc1ncc2c(n1)O[C@H]1[C@H](O)[C@@H](CO)O[C@@H]21. The van der Waals surface area contributed by atoms with Crippen LogP contribution in [0, 0.1) is 0 Å². The molecule has 3 rings (SSSR count). The van der Waals surface area contributed by atoms with Gasteiger partial charge in [0.25, 0.3) is 0 Å². The molecule has 4 N–H and O–H groups in total. The van der Waals surface area contributed by atoms with Crippen LogP contribution >= 0.6 is 0 Å². The maximum absolute atomic E-state index is 9.81. The highest BCUT2D eigenvalue weighted by molar-refractivity contribution is 5.37. The van der Waals surface area contributed by atoms with Crippen LogP contribution in [0.1, 0.15) is 11.7 Å². The normalized spacial score (nSPS) is 35.6. The third kappa shape index (κ3) is 1.19. The van der Waals surface area contributed by atoms with E-state index in [-0.39, 0.29) is 12.6 Å². The van der Waals surface area contributed by atoms with E-state index >= 15 is 0 Å². The molecule has 7 heteroatoms. The minimum absolute atomic E-state index is 0.118. The van der Waals surface area contributed by atoms with Crippen molar-refractivity contribution in [3.8, 4) is 5.88 Å². The highest BCUT2D eigenvalue weighted by Gasteiger charge is 2.51. The van der Waals surface area contributed by atoms with Gasteiger partial charge in [-0.1, -0.05) is 0 Å². The van der Waals surface area contributed by atoms with Gasteiger partial charge in [0.05, 0.1) is 12.2 Å². The van der Waals surface area contributed by atoms with Crippen LogP contribution in [0.25, 0.3) is 0 Å². The molecule has 0 amide bonds. The van der Waals surface area contributed by atoms with Crippen molar-refractivity contribution in [1.82, 2.24) is 9.97 Å². The minimum atomic E-state index is -0.870. The number of nitrogens with two attached hydrogens (primary N) is 1. The van der Waals surface area contributed by atoms with Gasteiger partial charge in [0.1, 0.15) is 18.3 Å². The van der Waals surface area contributed by atoms with Crippen LogP contribution < -0.4 is 10.5 Å². The highest BCUT2D eigenvalue weighted by Crippen LogP contribution is 2.44. The summed E-state index contributed by atoms with van der Waals surface area (Å²) < 4.78 is 10.9. The topological polar surface area (TPSA) is 111 Å². The second kappa shape index (κ2) is 3.27. The third-order valence-electron chi connectivity index (χ3n) is 2.87. The number of aliphatic hydroxyl groups is 2. The molecule has 0 aromatic carbocycles. The minimum Gasteiger partial charge on any atom is -0.468 e. The molecule has 1 aromatic heterocycles. The van der Waals surface area contributed by atoms with Gasteiger partial charge in [0, 0.05) is 6.20 Å². The molecule has 0 spiro atoms. The first-order valence-corrected chi connectivity index (χ1v) is 4.94. The van der Waals surface area contributed by atoms with Crippen LogP contribution in [0.5, 0.6) is 5.88 Å². The van der Waals surface area contributed by atoms with Crippen molar-refractivity contribution in [3.63, 3.8) is 0 Å². The van der Waals surface area contributed by atoms with Gasteiger partial charge in [0.2, 0.25) is 11.8 Å². The number of hydrogen-bond acceptors (Lipinski definition) is 7. The van der Waals surface area contributed by atoms with Gasteiger partial charge in [-0.15, -0.1) is 0 Å². The predicted molar refractivity (Wildman–Crippen MR) is 51.6 cm³/mol. The molecule has 0 saturated carbocycles. The summed E-state index contributed by atoms with van der Waals surface area (Å²) in [5.41, 5.74) is 6.09. The van der Waals surface area contributed by atoms with Gasteiger partial charge in [-0.05, 0) is 0 Å². The lowest BCUT2D eigenvalue weighted by Crippen LogP contribution is -2.34. The van der Waals surface area contributed by atoms with Crippen molar-refractivity contribution >= 4 is 5.95 Å². The standard InChI is InChI=1S/C9H11N3O4/c10-9-11-1-3-6-7(16-8(3)12-9)5(14)4(2-13)15-6/h1,4-7,13-14H,2H2,(H2,10,11,12)/t4-,5-,6+,7+/m1/s1. The average molecular weight is 225 g/mol. The van der Waals surface area contributed by atoms with Crippen LogP contribution in [0.15, 0.2) is 6.20 Å². The molecule has 1 fully saturated rings. The molecule has 7 nitrogen and oxygen atoms in total. The fraction of sp³-hybridized carbons (Fsp3) is 0.556. The molecule has 2 aliphatic rings. The number of hydrogen-bond donors (Lipinski definition) is 3. The molecule has 1 aromatic rings. The molecular formula is C9H11N3O4. The van der Waals surface area contributed by atoms with Crippen molar-refractivity contribution in [3.05, 3.63) is 11.8 Å². The van der Waals surface area contributed by atoms with Crippen molar-refractivity contribution in [2.45, 2.75) is 24.4 Å². The number of aromatic nitrogens is 2. The lowest BCUT2D eigenvalue weighted by Gasteiger charge is -2.14. The van der Waals surface area contributed by atoms with E-state index in [0.29, 0.717) is 11.4 Å². The Hall–Kier alpha value is -1.44. The van der Waals surface area contributed by atoms with Crippen LogP contribution in [0.3, 0.4) is 0 Å². The fourth-order valence-electron chi connectivity index (χ4n) is 2.08. The van der Waals surface area contributed by atoms with E-state index in [1.165, 1.54) is 6.20 Å². The summed E-state index contributed by atoms with van der Waals surface area (Å²) in [4.78, 5) is 7.76. The summed E-state index contributed by atoms with van der Waals surface area (Å²) in [7, 11) is 0. The van der Waals surface area contributed by atoms with Crippen LogP contribution in [-0.4, -0.2) is 45.1 Å². The fourth-order valence-corrected chi connectivity index (χ4v) is 2.08. The molecule has 3 heterocycles. The molecule has 0 radical (unpaired) electrons. The van der Waals surface area contributed by atoms with Gasteiger partial charge in [-0.2, -0.15) is 4.98 Å².